The minimum Gasteiger partial charge on any atom is -0.395 e. The first kappa shape index (κ1) is 23.1. The van der Waals surface area contributed by atoms with Gasteiger partial charge < -0.3 is 19.4 Å². The average Bonchev–Trinajstić information content (AvgIpc) is 3.25. The second kappa shape index (κ2) is 7.35. The van der Waals surface area contributed by atoms with Crippen LogP contribution in [0.3, 0.4) is 0 Å². The number of halogens is 2. The summed E-state index contributed by atoms with van der Waals surface area (Å²) in [7, 11) is -2.38. The van der Waals surface area contributed by atoms with Crippen molar-refractivity contribution in [3.05, 3.63) is 30.1 Å². The van der Waals surface area contributed by atoms with E-state index < -0.39 is 27.6 Å². The summed E-state index contributed by atoms with van der Waals surface area (Å²) < 4.78 is 64.8. The standard InChI is InChI=1S/C22H17F2N7O5S/c1-3-37(33,34)20-16(17-26-7-4-12(31(17)29-20)19(32)28-21(10-25)5-6-21)18-27-11-8-14-15(9-13(11)30(18)2)36-22(23,24)35-14/h4,7-9H,3,5-6H2,1-2H3,(H,28,32). The van der Waals surface area contributed by atoms with Gasteiger partial charge in [0, 0.05) is 25.4 Å². The molecular formula is C22H17F2N7O5S. The number of carbonyl (C=O) groups is 1. The Hall–Kier alpha value is -4.32. The molecule has 0 atom stereocenters. The van der Waals surface area contributed by atoms with Crippen molar-refractivity contribution in [2.75, 3.05) is 5.75 Å². The number of hydrogen-bond acceptors (Lipinski definition) is 9. The number of rotatable bonds is 5. The van der Waals surface area contributed by atoms with Crippen LogP contribution in [0.1, 0.15) is 30.3 Å². The summed E-state index contributed by atoms with van der Waals surface area (Å²) in [6, 6.07) is 6.01. The zero-order valence-electron chi connectivity index (χ0n) is 19.3. The highest BCUT2D eigenvalue weighted by Crippen LogP contribution is 2.44. The predicted molar refractivity (Wildman–Crippen MR) is 122 cm³/mol. The number of ether oxygens (including phenoxy) is 2. The molecule has 6 rings (SSSR count). The third-order valence-electron chi connectivity index (χ3n) is 6.34. The number of fused-ring (bicyclic) bond motifs is 3. The van der Waals surface area contributed by atoms with Crippen LogP contribution in [0.2, 0.25) is 0 Å². The summed E-state index contributed by atoms with van der Waals surface area (Å²) >= 11 is 0. The quantitative estimate of drug-likeness (QED) is 0.410. The maximum Gasteiger partial charge on any atom is 0.586 e. The Balaban J connectivity index is 1.57. The SMILES string of the molecule is CCS(=O)(=O)c1nn2c(C(=O)NC3(C#N)CC3)ccnc2c1-c1nc2cc3c(cc2n1C)OC(F)(F)O3. The molecule has 12 nitrogen and oxygen atoms in total. The molecule has 1 aliphatic carbocycles. The highest BCUT2D eigenvalue weighted by atomic mass is 32.2. The number of nitrogens with zero attached hydrogens (tertiary/aromatic N) is 6. The fourth-order valence-electron chi connectivity index (χ4n) is 4.18. The van der Waals surface area contributed by atoms with E-state index in [1.54, 1.807) is 7.05 Å². The molecule has 1 amide bonds. The highest BCUT2D eigenvalue weighted by molar-refractivity contribution is 7.91. The minimum absolute atomic E-state index is 0.0212. The number of imidazole rings is 1. The van der Waals surface area contributed by atoms with Gasteiger partial charge >= 0.3 is 6.29 Å². The molecule has 0 unspecified atom stereocenters. The van der Waals surface area contributed by atoms with Gasteiger partial charge in [0.2, 0.25) is 0 Å². The van der Waals surface area contributed by atoms with Crippen LogP contribution in [-0.2, 0) is 16.9 Å². The van der Waals surface area contributed by atoms with Gasteiger partial charge in [-0.1, -0.05) is 6.92 Å². The van der Waals surface area contributed by atoms with E-state index in [2.05, 4.69) is 35.9 Å². The molecule has 0 bridgehead atoms. The number of nitriles is 1. The molecule has 1 saturated carbocycles. The van der Waals surface area contributed by atoms with Crippen molar-refractivity contribution in [3.63, 3.8) is 0 Å². The largest absolute Gasteiger partial charge is 0.586 e. The molecule has 15 heteroatoms. The summed E-state index contributed by atoms with van der Waals surface area (Å²) in [5, 5.41) is 15.9. The molecular weight excluding hydrogens is 512 g/mol. The van der Waals surface area contributed by atoms with Gasteiger partial charge in [-0.05, 0) is 18.9 Å². The molecule has 37 heavy (non-hydrogen) atoms. The van der Waals surface area contributed by atoms with Gasteiger partial charge in [-0.3, -0.25) is 4.79 Å². The van der Waals surface area contributed by atoms with E-state index in [1.165, 1.54) is 35.9 Å². The maximum atomic E-state index is 13.5. The summed E-state index contributed by atoms with van der Waals surface area (Å²) in [6.07, 6.45) is -1.47. The number of alkyl halides is 2. The van der Waals surface area contributed by atoms with Crippen LogP contribution in [0.15, 0.2) is 29.4 Å². The Kier molecular flexibility index (Phi) is 4.59. The van der Waals surface area contributed by atoms with Crippen LogP contribution in [0.25, 0.3) is 28.1 Å². The Morgan fingerprint density at radius 2 is 1.97 bits per heavy atom. The van der Waals surface area contributed by atoms with Crippen LogP contribution in [0.4, 0.5) is 8.78 Å². The number of aromatic nitrogens is 5. The molecule has 1 aromatic carbocycles. The lowest BCUT2D eigenvalue weighted by Crippen LogP contribution is -2.36. The van der Waals surface area contributed by atoms with Crippen LogP contribution >= 0.6 is 0 Å². The Morgan fingerprint density at radius 3 is 2.62 bits per heavy atom. The summed E-state index contributed by atoms with van der Waals surface area (Å²) in [4.78, 5) is 21.8. The van der Waals surface area contributed by atoms with E-state index >= 15 is 0 Å². The molecule has 0 radical (unpaired) electrons. The molecule has 4 aromatic rings. The molecule has 1 aliphatic heterocycles. The van der Waals surface area contributed by atoms with E-state index in [0.29, 0.717) is 18.4 Å². The first-order valence-electron chi connectivity index (χ1n) is 11.1. The van der Waals surface area contributed by atoms with E-state index in [1.807, 2.05) is 0 Å². The summed E-state index contributed by atoms with van der Waals surface area (Å²) in [5.74, 6) is -1.20. The first-order valence-corrected chi connectivity index (χ1v) is 12.7. The third kappa shape index (κ3) is 3.47. The third-order valence-corrected chi connectivity index (χ3v) is 7.97. The number of aryl methyl sites for hydroxylation is 1. The highest BCUT2D eigenvalue weighted by Gasteiger charge is 2.46. The van der Waals surface area contributed by atoms with Gasteiger partial charge in [0.05, 0.1) is 22.9 Å². The summed E-state index contributed by atoms with van der Waals surface area (Å²) in [6.45, 7) is 1.45. The Labute approximate surface area is 207 Å². The average molecular weight is 529 g/mol. The Morgan fingerprint density at radius 1 is 1.27 bits per heavy atom. The van der Waals surface area contributed by atoms with E-state index in [0.717, 1.165) is 4.52 Å². The molecule has 0 saturated heterocycles. The number of amides is 1. The molecule has 3 aromatic heterocycles. The van der Waals surface area contributed by atoms with Crippen molar-refractivity contribution in [1.29, 1.82) is 5.26 Å². The second-order valence-electron chi connectivity index (χ2n) is 8.75. The lowest BCUT2D eigenvalue weighted by molar-refractivity contribution is -0.286. The zero-order valence-corrected chi connectivity index (χ0v) is 20.1. The first-order chi connectivity index (χ1) is 17.5. The van der Waals surface area contributed by atoms with E-state index in [9.17, 15) is 27.3 Å². The maximum absolute atomic E-state index is 13.5. The van der Waals surface area contributed by atoms with Crippen LogP contribution in [0, 0.1) is 11.3 Å². The van der Waals surface area contributed by atoms with Crippen LogP contribution in [-0.4, -0.2) is 56.1 Å². The number of benzene rings is 1. The van der Waals surface area contributed by atoms with Crippen molar-refractivity contribution < 1.29 is 31.5 Å². The number of hydrogen-bond donors (Lipinski definition) is 1. The van der Waals surface area contributed by atoms with Crippen LogP contribution < -0.4 is 14.8 Å². The van der Waals surface area contributed by atoms with Gasteiger partial charge in [0.25, 0.3) is 5.91 Å². The topological polar surface area (TPSA) is 153 Å². The molecule has 190 valence electrons. The van der Waals surface area contributed by atoms with Gasteiger partial charge in [-0.25, -0.2) is 22.9 Å². The minimum atomic E-state index is -3.95. The van der Waals surface area contributed by atoms with Crippen molar-refractivity contribution in [3.8, 4) is 29.0 Å². The monoisotopic (exact) mass is 529 g/mol. The zero-order chi connectivity index (χ0) is 26.3. The molecule has 2 aliphatic rings. The Bertz CT molecular complexity index is 1800. The fourth-order valence-corrected chi connectivity index (χ4v) is 5.15. The molecule has 4 heterocycles. The van der Waals surface area contributed by atoms with E-state index in [4.69, 9.17) is 0 Å². The molecule has 1 fully saturated rings. The van der Waals surface area contributed by atoms with Gasteiger partial charge in [-0.2, -0.15) is 10.4 Å². The van der Waals surface area contributed by atoms with Gasteiger partial charge in [-0.15, -0.1) is 8.78 Å². The lowest BCUT2D eigenvalue weighted by Gasteiger charge is -2.10. The summed E-state index contributed by atoms with van der Waals surface area (Å²) in [5.41, 5.74) is -0.328. The number of sulfone groups is 1. The van der Waals surface area contributed by atoms with Crippen molar-refractivity contribution >= 4 is 32.4 Å². The van der Waals surface area contributed by atoms with Gasteiger partial charge in [0.15, 0.2) is 32.0 Å². The van der Waals surface area contributed by atoms with Crippen molar-refractivity contribution in [2.45, 2.75) is 36.6 Å². The number of carbonyl (C=O) groups excluding carboxylic acids is 1. The molecule has 0 spiro atoms. The van der Waals surface area contributed by atoms with Crippen molar-refractivity contribution in [1.82, 2.24) is 29.5 Å². The number of nitrogens with one attached hydrogen (secondary N) is 1. The lowest BCUT2D eigenvalue weighted by atomic mass is 10.2. The van der Waals surface area contributed by atoms with Crippen molar-refractivity contribution in [2.24, 2.45) is 7.05 Å². The van der Waals surface area contributed by atoms with Gasteiger partial charge in [0.1, 0.15) is 22.6 Å². The molecule has 1 N–H and O–H groups in total. The van der Waals surface area contributed by atoms with Crippen LogP contribution in [0.5, 0.6) is 11.5 Å². The fraction of sp³-hybridized carbons (Fsp3) is 0.318. The normalized spacial score (nSPS) is 17.2. The van der Waals surface area contributed by atoms with E-state index in [-0.39, 0.29) is 50.5 Å². The second-order valence-corrected chi connectivity index (χ2v) is 10.9. The predicted octanol–water partition coefficient (Wildman–Crippen LogP) is 2.18. The smallest absolute Gasteiger partial charge is 0.395 e.